The summed E-state index contributed by atoms with van der Waals surface area (Å²) in [5.74, 6) is -0.166. The smallest absolute Gasteiger partial charge is 0.242 e. The topological polar surface area (TPSA) is 49.4 Å². The van der Waals surface area contributed by atoms with Crippen molar-refractivity contribution in [2.24, 2.45) is 0 Å². The van der Waals surface area contributed by atoms with Gasteiger partial charge < -0.3 is 10.2 Å². The SMILES string of the molecule is CC[C@H](C(=O)NC)N(Cc1ccccc1)C(=O)Cc1cccc(C)c1. The predicted octanol–water partition coefficient (Wildman–Crippen LogP) is 3.09. The van der Waals surface area contributed by atoms with Gasteiger partial charge in [-0.15, -0.1) is 0 Å². The molecule has 0 fully saturated rings. The van der Waals surface area contributed by atoms with Crippen molar-refractivity contribution < 1.29 is 9.59 Å². The highest BCUT2D eigenvalue weighted by Gasteiger charge is 2.27. The van der Waals surface area contributed by atoms with E-state index in [1.54, 1.807) is 11.9 Å². The van der Waals surface area contributed by atoms with Gasteiger partial charge in [0.05, 0.1) is 6.42 Å². The fourth-order valence-electron chi connectivity index (χ4n) is 2.96. The van der Waals surface area contributed by atoms with E-state index in [4.69, 9.17) is 0 Å². The van der Waals surface area contributed by atoms with Gasteiger partial charge in [-0.1, -0.05) is 67.1 Å². The van der Waals surface area contributed by atoms with Crippen LogP contribution in [0, 0.1) is 6.92 Å². The van der Waals surface area contributed by atoms with Crippen LogP contribution in [0.25, 0.3) is 0 Å². The summed E-state index contributed by atoms with van der Waals surface area (Å²) >= 11 is 0. The Labute approximate surface area is 149 Å². The number of hydrogen-bond acceptors (Lipinski definition) is 2. The first kappa shape index (κ1) is 18.7. The van der Waals surface area contributed by atoms with E-state index in [-0.39, 0.29) is 11.8 Å². The van der Waals surface area contributed by atoms with E-state index >= 15 is 0 Å². The minimum absolute atomic E-state index is 0.0371. The highest BCUT2D eigenvalue weighted by atomic mass is 16.2. The predicted molar refractivity (Wildman–Crippen MR) is 100 cm³/mol. The third kappa shape index (κ3) is 5.18. The molecule has 0 spiro atoms. The van der Waals surface area contributed by atoms with E-state index in [0.29, 0.717) is 19.4 Å². The Balaban J connectivity index is 2.25. The third-order valence-electron chi connectivity index (χ3n) is 4.27. The summed E-state index contributed by atoms with van der Waals surface area (Å²) in [6, 6.07) is 17.2. The van der Waals surface area contributed by atoms with E-state index in [2.05, 4.69) is 5.32 Å². The molecule has 2 aromatic rings. The van der Waals surface area contributed by atoms with Crippen LogP contribution in [0.5, 0.6) is 0 Å². The molecular weight excluding hydrogens is 312 g/mol. The van der Waals surface area contributed by atoms with Crippen molar-refractivity contribution in [1.82, 2.24) is 10.2 Å². The van der Waals surface area contributed by atoms with Gasteiger partial charge in [0.1, 0.15) is 6.04 Å². The number of carbonyl (C=O) groups excluding carboxylic acids is 2. The normalized spacial score (nSPS) is 11.6. The average molecular weight is 338 g/mol. The Morgan fingerprint density at radius 1 is 1.04 bits per heavy atom. The maximum Gasteiger partial charge on any atom is 0.242 e. The van der Waals surface area contributed by atoms with Crippen LogP contribution in [0.4, 0.5) is 0 Å². The van der Waals surface area contributed by atoms with Crippen LogP contribution < -0.4 is 5.32 Å². The molecule has 25 heavy (non-hydrogen) atoms. The molecule has 4 heteroatoms. The molecule has 0 aromatic heterocycles. The Morgan fingerprint density at radius 3 is 2.32 bits per heavy atom. The molecule has 0 unspecified atom stereocenters. The second kappa shape index (κ2) is 9.02. The van der Waals surface area contributed by atoms with Crippen LogP contribution in [-0.2, 0) is 22.6 Å². The molecule has 2 rings (SSSR count). The van der Waals surface area contributed by atoms with Gasteiger partial charge in [0.25, 0.3) is 0 Å². The van der Waals surface area contributed by atoms with Gasteiger partial charge in [-0.05, 0) is 24.5 Å². The molecular formula is C21H26N2O2. The minimum atomic E-state index is -0.470. The Bertz CT molecular complexity index is 713. The second-order valence-electron chi connectivity index (χ2n) is 6.21. The molecule has 0 saturated heterocycles. The first-order valence-electron chi connectivity index (χ1n) is 8.65. The zero-order chi connectivity index (χ0) is 18.2. The van der Waals surface area contributed by atoms with E-state index in [0.717, 1.165) is 16.7 Å². The summed E-state index contributed by atoms with van der Waals surface area (Å²) in [6.45, 7) is 4.37. The summed E-state index contributed by atoms with van der Waals surface area (Å²) in [5.41, 5.74) is 3.11. The summed E-state index contributed by atoms with van der Waals surface area (Å²) in [7, 11) is 1.61. The number of aryl methyl sites for hydroxylation is 1. The first-order chi connectivity index (χ1) is 12.0. The molecule has 0 saturated carbocycles. The number of benzene rings is 2. The number of carbonyl (C=O) groups is 2. The number of hydrogen-bond donors (Lipinski definition) is 1. The first-order valence-corrected chi connectivity index (χ1v) is 8.65. The molecule has 0 radical (unpaired) electrons. The molecule has 0 aliphatic heterocycles. The van der Waals surface area contributed by atoms with E-state index < -0.39 is 6.04 Å². The molecule has 2 aromatic carbocycles. The molecule has 1 N–H and O–H groups in total. The van der Waals surface area contributed by atoms with Gasteiger partial charge in [-0.25, -0.2) is 0 Å². The fourth-order valence-corrected chi connectivity index (χ4v) is 2.96. The molecule has 2 amide bonds. The lowest BCUT2D eigenvalue weighted by molar-refractivity contribution is -0.140. The lowest BCUT2D eigenvalue weighted by atomic mass is 10.1. The number of nitrogens with zero attached hydrogens (tertiary/aromatic N) is 1. The standard InChI is InChI=1S/C21H26N2O2/c1-4-19(21(25)22-3)23(15-17-10-6-5-7-11-17)20(24)14-18-12-8-9-16(2)13-18/h5-13,19H,4,14-15H2,1-3H3,(H,22,25)/t19-/m1/s1. The number of rotatable bonds is 7. The summed E-state index contributed by atoms with van der Waals surface area (Å²) in [5, 5.41) is 2.68. The van der Waals surface area contributed by atoms with Gasteiger partial charge in [0.2, 0.25) is 11.8 Å². The largest absolute Gasteiger partial charge is 0.357 e. The van der Waals surface area contributed by atoms with E-state index in [1.807, 2.05) is 68.4 Å². The van der Waals surface area contributed by atoms with Gasteiger partial charge in [-0.3, -0.25) is 9.59 Å². The zero-order valence-electron chi connectivity index (χ0n) is 15.2. The van der Waals surface area contributed by atoms with Crippen molar-refractivity contribution >= 4 is 11.8 Å². The van der Waals surface area contributed by atoms with Crippen molar-refractivity contribution in [3.63, 3.8) is 0 Å². The quantitative estimate of drug-likeness (QED) is 0.843. The monoisotopic (exact) mass is 338 g/mol. The number of nitrogens with one attached hydrogen (secondary N) is 1. The molecule has 0 aliphatic rings. The lowest BCUT2D eigenvalue weighted by Gasteiger charge is -2.30. The van der Waals surface area contributed by atoms with Crippen LogP contribution in [-0.4, -0.2) is 29.8 Å². The van der Waals surface area contributed by atoms with Crippen LogP contribution in [0.1, 0.15) is 30.0 Å². The van der Waals surface area contributed by atoms with Crippen molar-refractivity contribution in [2.45, 2.75) is 39.3 Å². The van der Waals surface area contributed by atoms with Gasteiger partial charge >= 0.3 is 0 Å². The van der Waals surface area contributed by atoms with Crippen molar-refractivity contribution in [1.29, 1.82) is 0 Å². The number of amides is 2. The zero-order valence-corrected chi connectivity index (χ0v) is 15.2. The minimum Gasteiger partial charge on any atom is -0.357 e. The molecule has 1 atom stereocenters. The van der Waals surface area contributed by atoms with E-state index in [1.165, 1.54) is 0 Å². The molecule has 0 bridgehead atoms. The summed E-state index contributed by atoms with van der Waals surface area (Å²) < 4.78 is 0. The van der Waals surface area contributed by atoms with Crippen LogP contribution in [0.2, 0.25) is 0 Å². The van der Waals surface area contributed by atoms with Crippen molar-refractivity contribution in [3.05, 3.63) is 71.3 Å². The van der Waals surface area contributed by atoms with E-state index in [9.17, 15) is 9.59 Å². The molecule has 0 heterocycles. The van der Waals surface area contributed by atoms with Crippen molar-refractivity contribution in [2.75, 3.05) is 7.05 Å². The summed E-state index contributed by atoms with van der Waals surface area (Å²) in [6.07, 6.45) is 0.869. The van der Waals surface area contributed by atoms with Crippen LogP contribution in [0.3, 0.4) is 0 Å². The summed E-state index contributed by atoms with van der Waals surface area (Å²) in [4.78, 5) is 27.0. The second-order valence-corrected chi connectivity index (χ2v) is 6.21. The molecule has 132 valence electrons. The number of likely N-dealkylation sites (N-methyl/N-ethyl adjacent to an activating group) is 1. The van der Waals surface area contributed by atoms with Gasteiger partial charge in [0, 0.05) is 13.6 Å². The van der Waals surface area contributed by atoms with Crippen molar-refractivity contribution in [3.8, 4) is 0 Å². The van der Waals surface area contributed by atoms with Crippen LogP contribution in [0.15, 0.2) is 54.6 Å². The Hall–Kier alpha value is -2.62. The average Bonchev–Trinajstić information content (AvgIpc) is 2.62. The maximum absolute atomic E-state index is 13.0. The van der Waals surface area contributed by atoms with Gasteiger partial charge in [-0.2, -0.15) is 0 Å². The molecule has 4 nitrogen and oxygen atoms in total. The van der Waals surface area contributed by atoms with Crippen LogP contribution >= 0.6 is 0 Å². The Kier molecular flexibility index (Phi) is 6.75. The fraction of sp³-hybridized carbons (Fsp3) is 0.333. The van der Waals surface area contributed by atoms with Gasteiger partial charge in [0.15, 0.2) is 0 Å². The highest BCUT2D eigenvalue weighted by molar-refractivity contribution is 5.88. The highest BCUT2D eigenvalue weighted by Crippen LogP contribution is 2.15. The lowest BCUT2D eigenvalue weighted by Crippen LogP contribution is -2.48. The molecule has 0 aliphatic carbocycles. The maximum atomic E-state index is 13.0. The Morgan fingerprint density at radius 2 is 1.72 bits per heavy atom. The third-order valence-corrected chi connectivity index (χ3v) is 4.27.